The summed E-state index contributed by atoms with van der Waals surface area (Å²) in [5.74, 6) is 0.492. The first kappa shape index (κ1) is 15.7. The number of nitrogens with one attached hydrogen (secondary N) is 1. The summed E-state index contributed by atoms with van der Waals surface area (Å²) in [5, 5.41) is 20.9. The van der Waals surface area contributed by atoms with Crippen LogP contribution in [0.25, 0.3) is 10.9 Å². The molecule has 2 heterocycles. The summed E-state index contributed by atoms with van der Waals surface area (Å²) in [6.45, 7) is 3.38. The van der Waals surface area contributed by atoms with Gasteiger partial charge in [0.25, 0.3) is 0 Å². The van der Waals surface area contributed by atoms with Crippen molar-refractivity contribution in [3.05, 3.63) is 35.9 Å². The van der Waals surface area contributed by atoms with Crippen molar-refractivity contribution >= 4 is 28.6 Å². The topological polar surface area (TPSA) is 132 Å². The normalized spacial score (nSPS) is 10.9. The Bertz CT molecular complexity index is 891. The second-order valence-corrected chi connectivity index (χ2v) is 5.18. The van der Waals surface area contributed by atoms with Crippen LogP contribution in [0.15, 0.2) is 24.5 Å². The fourth-order valence-electron chi connectivity index (χ4n) is 2.44. The molecule has 9 heteroatoms. The Morgan fingerprint density at radius 1 is 1.38 bits per heavy atom. The number of carboxylic acid groups (broad SMARTS) is 1. The maximum atomic E-state index is 11.2. The third-order valence-electron chi connectivity index (χ3n) is 3.64. The molecule has 0 atom stereocenters. The zero-order chi connectivity index (χ0) is 17.1. The minimum absolute atomic E-state index is 0.129. The molecule has 0 radical (unpaired) electrons. The van der Waals surface area contributed by atoms with Crippen LogP contribution in [0, 0.1) is 0 Å². The molecule has 3 aromatic rings. The first-order valence-electron chi connectivity index (χ1n) is 7.49. The molecule has 0 aliphatic heterocycles. The molecule has 2 aromatic heterocycles. The molecule has 0 aliphatic rings. The SMILES string of the molecule is CCn1cnnc1CCNc1nc(N)nc2ccc(C(=O)O)cc12. The highest BCUT2D eigenvalue weighted by Crippen LogP contribution is 2.22. The maximum Gasteiger partial charge on any atom is 0.335 e. The fraction of sp³-hybridized carbons (Fsp3) is 0.267. The maximum absolute atomic E-state index is 11.2. The molecule has 0 amide bonds. The van der Waals surface area contributed by atoms with Crippen molar-refractivity contribution in [3.63, 3.8) is 0 Å². The zero-order valence-corrected chi connectivity index (χ0v) is 13.1. The number of carboxylic acids is 1. The van der Waals surface area contributed by atoms with Crippen LogP contribution < -0.4 is 11.1 Å². The molecule has 4 N–H and O–H groups in total. The molecule has 1 aromatic carbocycles. The summed E-state index contributed by atoms with van der Waals surface area (Å²) in [6, 6.07) is 4.65. The minimum atomic E-state index is -1.00. The van der Waals surface area contributed by atoms with Gasteiger partial charge in [-0.15, -0.1) is 10.2 Å². The zero-order valence-electron chi connectivity index (χ0n) is 13.1. The molecule has 0 spiro atoms. The first-order chi connectivity index (χ1) is 11.6. The van der Waals surface area contributed by atoms with Crippen LogP contribution in [0.2, 0.25) is 0 Å². The lowest BCUT2D eigenvalue weighted by Gasteiger charge is -2.10. The van der Waals surface area contributed by atoms with Crippen molar-refractivity contribution in [1.82, 2.24) is 24.7 Å². The molecule has 124 valence electrons. The highest BCUT2D eigenvalue weighted by atomic mass is 16.4. The Morgan fingerprint density at radius 2 is 2.21 bits per heavy atom. The molecule has 0 aliphatic carbocycles. The van der Waals surface area contributed by atoms with Crippen molar-refractivity contribution in [3.8, 4) is 0 Å². The summed E-state index contributed by atoms with van der Waals surface area (Å²) in [4.78, 5) is 19.5. The predicted molar refractivity (Wildman–Crippen MR) is 88.8 cm³/mol. The van der Waals surface area contributed by atoms with E-state index in [0.29, 0.717) is 29.7 Å². The third kappa shape index (κ3) is 3.09. The number of anilines is 2. The van der Waals surface area contributed by atoms with E-state index in [1.807, 2.05) is 11.5 Å². The van der Waals surface area contributed by atoms with Gasteiger partial charge in [0.15, 0.2) is 0 Å². The van der Waals surface area contributed by atoms with Crippen molar-refractivity contribution < 1.29 is 9.90 Å². The number of nitrogen functional groups attached to an aromatic ring is 1. The number of hydrogen-bond acceptors (Lipinski definition) is 7. The number of hydrogen-bond donors (Lipinski definition) is 3. The van der Waals surface area contributed by atoms with Crippen LogP contribution in [0.4, 0.5) is 11.8 Å². The monoisotopic (exact) mass is 327 g/mol. The quantitative estimate of drug-likeness (QED) is 0.615. The van der Waals surface area contributed by atoms with E-state index < -0.39 is 5.97 Å². The van der Waals surface area contributed by atoms with Gasteiger partial charge in [-0.05, 0) is 25.1 Å². The summed E-state index contributed by atoms with van der Waals surface area (Å²) in [5.41, 5.74) is 6.49. The van der Waals surface area contributed by atoms with Gasteiger partial charge < -0.3 is 20.7 Å². The van der Waals surface area contributed by atoms with E-state index in [-0.39, 0.29) is 11.5 Å². The van der Waals surface area contributed by atoms with Crippen LogP contribution in [0.1, 0.15) is 23.1 Å². The van der Waals surface area contributed by atoms with E-state index in [4.69, 9.17) is 10.8 Å². The van der Waals surface area contributed by atoms with Crippen LogP contribution in [-0.4, -0.2) is 42.4 Å². The van der Waals surface area contributed by atoms with Gasteiger partial charge in [-0.1, -0.05) is 0 Å². The number of aromatic carboxylic acids is 1. The number of aryl methyl sites for hydroxylation is 1. The number of benzene rings is 1. The summed E-state index contributed by atoms with van der Waals surface area (Å²) in [7, 11) is 0. The summed E-state index contributed by atoms with van der Waals surface area (Å²) in [6.07, 6.45) is 2.34. The second-order valence-electron chi connectivity index (χ2n) is 5.18. The van der Waals surface area contributed by atoms with E-state index in [2.05, 4.69) is 25.5 Å². The Labute approximate surface area is 137 Å². The molecule has 3 rings (SSSR count). The van der Waals surface area contributed by atoms with Crippen molar-refractivity contribution in [2.45, 2.75) is 19.9 Å². The minimum Gasteiger partial charge on any atom is -0.478 e. The van der Waals surface area contributed by atoms with Crippen LogP contribution in [-0.2, 0) is 13.0 Å². The third-order valence-corrected chi connectivity index (χ3v) is 3.64. The van der Waals surface area contributed by atoms with Gasteiger partial charge >= 0.3 is 5.97 Å². The van der Waals surface area contributed by atoms with E-state index in [1.54, 1.807) is 12.4 Å². The Balaban J connectivity index is 1.85. The van der Waals surface area contributed by atoms with Gasteiger partial charge in [-0.2, -0.15) is 4.98 Å². The number of nitrogens with two attached hydrogens (primary N) is 1. The van der Waals surface area contributed by atoms with E-state index >= 15 is 0 Å². The van der Waals surface area contributed by atoms with Gasteiger partial charge in [-0.25, -0.2) is 9.78 Å². The highest BCUT2D eigenvalue weighted by molar-refractivity contribution is 5.97. The van der Waals surface area contributed by atoms with Gasteiger partial charge in [0.2, 0.25) is 5.95 Å². The Morgan fingerprint density at radius 3 is 2.96 bits per heavy atom. The van der Waals surface area contributed by atoms with Crippen LogP contribution >= 0.6 is 0 Å². The molecule has 0 saturated heterocycles. The molecule has 0 fully saturated rings. The molecule has 9 nitrogen and oxygen atoms in total. The van der Waals surface area contributed by atoms with E-state index in [0.717, 1.165) is 12.4 Å². The lowest BCUT2D eigenvalue weighted by atomic mass is 10.1. The molecular formula is C15H17N7O2. The van der Waals surface area contributed by atoms with Gasteiger partial charge in [0.1, 0.15) is 18.0 Å². The average Bonchev–Trinajstić information content (AvgIpc) is 3.01. The van der Waals surface area contributed by atoms with Crippen LogP contribution in [0.5, 0.6) is 0 Å². The van der Waals surface area contributed by atoms with Crippen molar-refractivity contribution in [1.29, 1.82) is 0 Å². The number of rotatable bonds is 6. The summed E-state index contributed by atoms with van der Waals surface area (Å²) < 4.78 is 1.96. The molecule has 0 saturated carbocycles. The fourth-order valence-corrected chi connectivity index (χ4v) is 2.44. The Hall–Kier alpha value is -3.23. The summed E-state index contributed by atoms with van der Waals surface area (Å²) >= 11 is 0. The molecule has 24 heavy (non-hydrogen) atoms. The lowest BCUT2D eigenvalue weighted by Crippen LogP contribution is -2.12. The first-order valence-corrected chi connectivity index (χ1v) is 7.49. The average molecular weight is 327 g/mol. The second kappa shape index (κ2) is 6.49. The van der Waals surface area contributed by atoms with Crippen molar-refractivity contribution in [2.24, 2.45) is 0 Å². The van der Waals surface area contributed by atoms with Gasteiger partial charge in [0.05, 0.1) is 11.1 Å². The highest BCUT2D eigenvalue weighted by Gasteiger charge is 2.11. The van der Waals surface area contributed by atoms with Gasteiger partial charge in [0, 0.05) is 24.9 Å². The Kier molecular flexibility index (Phi) is 4.23. The van der Waals surface area contributed by atoms with Gasteiger partial charge in [-0.3, -0.25) is 0 Å². The van der Waals surface area contributed by atoms with E-state index in [1.165, 1.54) is 12.1 Å². The number of nitrogens with zero attached hydrogens (tertiary/aromatic N) is 5. The van der Waals surface area contributed by atoms with Crippen molar-refractivity contribution in [2.75, 3.05) is 17.6 Å². The molecule has 0 unspecified atom stereocenters. The molecule has 0 bridgehead atoms. The number of fused-ring (bicyclic) bond motifs is 1. The number of aromatic nitrogens is 5. The largest absolute Gasteiger partial charge is 0.478 e. The predicted octanol–water partition coefficient (Wildman–Crippen LogP) is 1.18. The molecular weight excluding hydrogens is 310 g/mol. The van der Waals surface area contributed by atoms with E-state index in [9.17, 15) is 4.79 Å². The van der Waals surface area contributed by atoms with Crippen LogP contribution in [0.3, 0.4) is 0 Å². The lowest BCUT2D eigenvalue weighted by molar-refractivity contribution is 0.0697. The number of carbonyl (C=O) groups is 1. The smallest absolute Gasteiger partial charge is 0.335 e. The standard InChI is InChI=1S/C15H17N7O2/c1-2-22-8-18-21-12(22)5-6-17-13-10-7-9(14(23)24)3-4-11(10)19-15(16)20-13/h3-4,7-8H,2,5-6H2,1H3,(H,23,24)(H3,16,17,19,20).